The first-order valence-corrected chi connectivity index (χ1v) is 18.0. The molecule has 0 radical (unpaired) electrons. The number of likely N-dealkylation sites (N-methyl/N-ethyl adjacent to an activating group) is 1. The summed E-state index contributed by atoms with van der Waals surface area (Å²) in [4.78, 5) is 36.6. The smallest absolute Gasteiger partial charge is 0.362 e. The number of esters is 2. The Morgan fingerprint density at radius 1 is 0.674 bits per heavy atom. The maximum absolute atomic E-state index is 12.5. The van der Waals surface area contributed by atoms with E-state index >= 15 is 0 Å². The molecule has 0 aromatic heterocycles. The number of carboxylic acid groups (broad SMARTS) is 1. The maximum atomic E-state index is 12.5. The molecule has 8 heteroatoms. The van der Waals surface area contributed by atoms with Crippen LogP contribution in [0.1, 0.15) is 136 Å². The van der Waals surface area contributed by atoms with Gasteiger partial charge >= 0.3 is 17.9 Å². The topological polar surface area (TPSA) is 99.1 Å². The van der Waals surface area contributed by atoms with E-state index in [1.807, 2.05) is 21.1 Å². The van der Waals surface area contributed by atoms with E-state index in [0.29, 0.717) is 19.3 Å². The molecule has 0 rings (SSSR count). The van der Waals surface area contributed by atoms with Crippen LogP contribution in [0, 0.1) is 0 Å². The van der Waals surface area contributed by atoms with E-state index in [2.05, 4.69) is 50.3 Å². The third-order valence-corrected chi connectivity index (χ3v) is 7.77. The molecule has 2 unspecified atom stereocenters. The normalized spacial score (nSPS) is 13.5. The molecule has 0 fully saturated rings. The van der Waals surface area contributed by atoms with Gasteiger partial charge in [-0.15, -0.1) is 0 Å². The number of quaternary nitrogens is 1. The molecule has 1 N–H and O–H groups in total. The summed E-state index contributed by atoms with van der Waals surface area (Å²) in [6, 6.07) is -0.619. The first kappa shape index (κ1) is 43.5. The lowest BCUT2D eigenvalue weighted by Gasteiger charge is -2.31. The predicted molar refractivity (Wildman–Crippen MR) is 188 cm³/mol. The summed E-state index contributed by atoms with van der Waals surface area (Å²) >= 11 is 0. The maximum Gasteiger partial charge on any atom is 0.362 e. The van der Waals surface area contributed by atoms with Gasteiger partial charge in [0.05, 0.1) is 34.4 Å². The SMILES string of the molecule is CC/C=C/C/C=C/CCCCC(=O)OC(COCCC(C(=O)O)[N+](C)(C)C)COC(=O)CCCCC/C=C/CCCCCCCC. The molecular weight excluding hydrogens is 582 g/mol. The molecule has 0 aromatic rings. The number of carbonyl (C=O) groups is 3. The molecule has 0 saturated heterocycles. The van der Waals surface area contributed by atoms with Crippen LogP contribution in [-0.4, -0.2) is 80.6 Å². The van der Waals surface area contributed by atoms with Crippen molar-refractivity contribution < 1.29 is 38.2 Å². The number of unbranched alkanes of at least 4 members (excludes halogenated alkanes) is 11. The second-order valence-electron chi connectivity index (χ2n) is 13.1. The second-order valence-corrected chi connectivity index (χ2v) is 13.1. The van der Waals surface area contributed by atoms with Crippen molar-refractivity contribution >= 4 is 17.9 Å². The van der Waals surface area contributed by atoms with Gasteiger partial charge in [-0.25, -0.2) is 4.79 Å². The van der Waals surface area contributed by atoms with Crippen molar-refractivity contribution in [3.05, 3.63) is 36.5 Å². The van der Waals surface area contributed by atoms with Gasteiger partial charge in [-0.1, -0.05) is 88.8 Å². The Kier molecular flexibility index (Phi) is 28.3. The third kappa shape index (κ3) is 27.8. The average molecular weight is 651 g/mol. The Balaban J connectivity index is 4.49. The molecule has 2 atom stereocenters. The van der Waals surface area contributed by atoms with Gasteiger partial charge in [-0.2, -0.15) is 0 Å². The summed E-state index contributed by atoms with van der Waals surface area (Å²) < 4.78 is 17.1. The van der Waals surface area contributed by atoms with Crippen LogP contribution in [0.5, 0.6) is 0 Å². The van der Waals surface area contributed by atoms with Crippen LogP contribution >= 0.6 is 0 Å². The number of carbonyl (C=O) groups excluding carboxylic acids is 2. The van der Waals surface area contributed by atoms with Crippen LogP contribution in [0.3, 0.4) is 0 Å². The minimum atomic E-state index is -0.885. The molecule has 0 amide bonds. The molecule has 8 nitrogen and oxygen atoms in total. The number of hydrogen-bond acceptors (Lipinski definition) is 6. The quantitative estimate of drug-likeness (QED) is 0.0347. The number of allylic oxidation sites excluding steroid dienone is 6. The van der Waals surface area contributed by atoms with Gasteiger partial charge in [0, 0.05) is 19.3 Å². The first-order valence-electron chi connectivity index (χ1n) is 18.0. The lowest BCUT2D eigenvalue weighted by molar-refractivity contribution is -0.887. The lowest BCUT2D eigenvalue weighted by atomic mass is 10.1. The third-order valence-electron chi connectivity index (χ3n) is 7.77. The first-order chi connectivity index (χ1) is 22.1. The number of aliphatic carboxylic acids is 1. The summed E-state index contributed by atoms with van der Waals surface area (Å²) in [6.45, 7) is 4.52. The Morgan fingerprint density at radius 3 is 1.85 bits per heavy atom. The van der Waals surface area contributed by atoms with E-state index in [1.54, 1.807) is 0 Å². The zero-order chi connectivity index (χ0) is 34.3. The Labute approximate surface area is 281 Å². The van der Waals surface area contributed by atoms with E-state index in [0.717, 1.165) is 57.8 Å². The minimum Gasteiger partial charge on any atom is -0.477 e. The van der Waals surface area contributed by atoms with Crippen LogP contribution < -0.4 is 0 Å². The summed E-state index contributed by atoms with van der Waals surface area (Å²) in [6.07, 6.45) is 30.6. The number of carboxylic acids is 1. The molecule has 0 aromatic carbocycles. The van der Waals surface area contributed by atoms with Crippen LogP contribution in [0.4, 0.5) is 0 Å². The van der Waals surface area contributed by atoms with Crippen molar-refractivity contribution in [3.63, 3.8) is 0 Å². The molecule has 0 heterocycles. The largest absolute Gasteiger partial charge is 0.477 e. The highest BCUT2D eigenvalue weighted by Gasteiger charge is 2.31. The highest BCUT2D eigenvalue weighted by molar-refractivity contribution is 5.72. The summed E-state index contributed by atoms with van der Waals surface area (Å²) in [5.74, 6) is -1.54. The molecule has 0 bridgehead atoms. The molecule has 0 aliphatic carbocycles. The average Bonchev–Trinajstić information content (AvgIpc) is 3.00. The number of hydrogen-bond donors (Lipinski definition) is 1. The van der Waals surface area contributed by atoms with E-state index in [9.17, 15) is 19.5 Å². The number of rotatable bonds is 31. The monoisotopic (exact) mass is 650 g/mol. The van der Waals surface area contributed by atoms with Gasteiger partial charge in [0.15, 0.2) is 12.1 Å². The highest BCUT2D eigenvalue weighted by atomic mass is 16.6. The predicted octanol–water partition coefficient (Wildman–Crippen LogP) is 8.74. The van der Waals surface area contributed by atoms with E-state index in [4.69, 9.17) is 14.2 Å². The molecule has 266 valence electrons. The number of ether oxygens (including phenoxy) is 3. The lowest BCUT2D eigenvalue weighted by Crippen LogP contribution is -2.50. The van der Waals surface area contributed by atoms with Gasteiger partial charge in [-0.3, -0.25) is 9.59 Å². The van der Waals surface area contributed by atoms with E-state index in [1.165, 1.54) is 38.5 Å². The van der Waals surface area contributed by atoms with E-state index < -0.39 is 18.1 Å². The Hall–Kier alpha value is -2.45. The van der Waals surface area contributed by atoms with Crippen LogP contribution in [0.15, 0.2) is 36.5 Å². The van der Waals surface area contributed by atoms with Crippen molar-refractivity contribution in [3.8, 4) is 0 Å². The highest BCUT2D eigenvalue weighted by Crippen LogP contribution is 2.12. The fourth-order valence-electron chi connectivity index (χ4n) is 4.94. The zero-order valence-corrected chi connectivity index (χ0v) is 30.0. The van der Waals surface area contributed by atoms with Crippen LogP contribution in [0.25, 0.3) is 0 Å². The molecule has 0 aliphatic rings. The standard InChI is InChI=1S/C38H67NO7/c1-6-8-10-12-14-16-17-18-19-21-22-24-26-28-36(40)45-33-34(32-44-31-30-35(38(42)43)39(3,4)5)46-37(41)29-27-25-23-20-15-13-11-9-7-2/h9,11,15,18-20,34-35H,6-8,10,12-14,16-17,21-33H2,1-5H3/p+1/b11-9+,19-18+,20-15+. The van der Waals surface area contributed by atoms with Crippen molar-refractivity contribution in [2.24, 2.45) is 0 Å². The summed E-state index contributed by atoms with van der Waals surface area (Å²) in [5, 5.41) is 9.55. The van der Waals surface area contributed by atoms with Gasteiger partial charge < -0.3 is 23.8 Å². The van der Waals surface area contributed by atoms with Crippen molar-refractivity contribution in [2.45, 2.75) is 148 Å². The van der Waals surface area contributed by atoms with Crippen LogP contribution in [0.2, 0.25) is 0 Å². The number of nitrogens with zero attached hydrogens (tertiary/aromatic N) is 1. The van der Waals surface area contributed by atoms with Crippen molar-refractivity contribution in [1.82, 2.24) is 0 Å². The molecule has 46 heavy (non-hydrogen) atoms. The van der Waals surface area contributed by atoms with Gasteiger partial charge in [0.25, 0.3) is 0 Å². The fourth-order valence-corrected chi connectivity index (χ4v) is 4.94. The minimum absolute atomic E-state index is 0.0432. The summed E-state index contributed by atoms with van der Waals surface area (Å²) in [7, 11) is 5.49. The summed E-state index contributed by atoms with van der Waals surface area (Å²) in [5.41, 5.74) is 0. The van der Waals surface area contributed by atoms with E-state index in [-0.39, 0.29) is 42.7 Å². The molecule has 0 aliphatic heterocycles. The van der Waals surface area contributed by atoms with Gasteiger partial charge in [0.2, 0.25) is 0 Å². The molecule has 0 spiro atoms. The molecular formula is C38H68NO7+. The Morgan fingerprint density at radius 2 is 1.22 bits per heavy atom. The molecule has 0 saturated carbocycles. The van der Waals surface area contributed by atoms with Crippen molar-refractivity contribution in [1.29, 1.82) is 0 Å². The van der Waals surface area contributed by atoms with Crippen molar-refractivity contribution in [2.75, 3.05) is 41.0 Å². The van der Waals surface area contributed by atoms with Crippen LogP contribution in [-0.2, 0) is 28.6 Å². The fraction of sp³-hybridized carbons (Fsp3) is 0.763. The van der Waals surface area contributed by atoms with Gasteiger partial charge in [0.1, 0.15) is 6.61 Å². The Bertz CT molecular complexity index is 860. The van der Waals surface area contributed by atoms with Gasteiger partial charge in [-0.05, 0) is 64.2 Å². The second kappa shape index (κ2) is 29.9. The zero-order valence-electron chi connectivity index (χ0n) is 30.0.